The van der Waals surface area contributed by atoms with Crippen molar-refractivity contribution in [1.82, 2.24) is 15.1 Å². The van der Waals surface area contributed by atoms with E-state index in [2.05, 4.69) is 37.5 Å². The second-order valence-corrected chi connectivity index (χ2v) is 16.1. The first-order chi connectivity index (χ1) is 22.1. The van der Waals surface area contributed by atoms with Gasteiger partial charge in [-0.15, -0.1) is 11.8 Å². The average molecular weight is 649 g/mol. The van der Waals surface area contributed by atoms with Crippen LogP contribution >= 0.6 is 11.8 Å². The van der Waals surface area contributed by atoms with Crippen molar-refractivity contribution >= 4 is 35.2 Å². The van der Waals surface area contributed by atoms with E-state index >= 15 is 4.39 Å². The maximum Gasteiger partial charge on any atom is 0.237 e. The molecule has 3 atom stereocenters. The number of carbonyl (C=O) groups excluding carboxylic acids is 3. The van der Waals surface area contributed by atoms with Crippen molar-refractivity contribution in [3.63, 3.8) is 0 Å². The largest absolute Gasteiger partial charge is 0.343 e. The van der Waals surface area contributed by atoms with E-state index in [1.807, 2.05) is 34.1 Å². The topological polar surface area (TPSA) is 81.8 Å². The predicted molar refractivity (Wildman–Crippen MR) is 182 cm³/mol. The zero-order valence-electron chi connectivity index (χ0n) is 27.5. The van der Waals surface area contributed by atoms with Crippen LogP contribution in [0.15, 0.2) is 42.5 Å². The van der Waals surface area contributed by atoms with Crippen LogP contribution in [-0.2, 0) is 20.8 Å². The number of nitrogens with zero attached hydrogens (tertiary/aromatic N) is 2. The summed E-state index contributed by atoms with van der Waals surface area (Å²) in [5.41, 5.74) is 3.76. The normalized spacial score (nSPS) is 24.9. The van der Waals surface area contributed by atoms with Crippen molar-refractivity contribution in [2.24, 2.45) is 17.3 Å². The van der Waals surface area contributed by atoms with Crippen molar-refractivity contribution in [1.29, 1.82) is 0 Å². The number of piperidine rings is 2. The van der Waals surface area contributed by atoms with Gasteiger partial charge in [0.1, 0.15) is 11.2 Å². The summed E-state index contributed by atoms with van der Waals surface area (Å²) in [4.78, 5) is 44.6. The number of aryl methyl sites for hydroxylation is 1. The molecule has 4 aliphatic heterocycles. The van der Waals surface area contributed by atoms with Crippen LogP contribution in [0, 0.1) is 23.1 Å². The SMILES string of the molecule is CC(C)(C)CCN1C(=O)[C@H](CC(=O)N2CCC(C3CCc4ccccc4NC3=O)CC2)SC1c1cccc(F)c1C1CCNCC1. The van der Waals surface area contributed by atoms with Gasteiger partial charge >= 0.3 is 0 Å². The molecular weight excluding hydrogens is 599 g/mol. The minimum atomic E-state index is -0.495. The molecule has 6 rings (SSSR count). The van der Waals surface area contributed by atoms with Crippen molar-refractivity contribution < 1.29 is 18.8 Å². The van der Waals surface area contributed by atoms with Crippen molar-refractivity contribution in [3.05, 3.63) is 65.0 Å². The summed E-state index contributed by atoms with van der Waals surface area (Å²) in [6.07, 6.45) is 5.97. The van der Waals surface area contributed by atoms with Crippen LogP contribution in [0.3, 0.4) is 0 Å². The Kier molecular flexibility index (Phi) is 10.1. The molecule has 2 unspecified atom stereocenters. The lowest BCUT2D eigenvalue weighted by Gasteiger charge is -2.35. The van der Waals surface area contributed by atoms with Gasteiger partial charge in [-0.25, -0.2) is 4.39 Å². The number of hydrogen-bond acceptors (Lipinski definition) is 5. The number of thioether (sulfide) groups is 1. The van der Waals surface area contributed by atoms with E-state index in [4.69, 9.17) is 0 Å². The molecule has 0 aromatic heterocycles. The van der Waals surface area contributed by atoms with Gasteiger partial charge in [-0.2, -0.15) is 0 Å². The summed E-state index contributed by atoms with van der Waals surface area (Å²) >= 11 is 1.52. The predicted octanol–water partition coefficient (Wildman–Crippen LogP) is 6.50. The molecule has 3 fully saturated rings. The molecule has 0 radical (unpaired) electrons. The van der Waals surface area contributed by atoms with Crippen LogP contribution in [0.4, 0.5) is 10.1 Å². The lowest BCUT2D eigenvalue weighted by Crippen LogP contribution is -2.43. The lowest BCUT2D eigenvalue weighted by atomic mass is 9.81. The number of benzene rings is 2. The highest BCUT2D eigenvalue weighted by Gasteiger charge is 2.44. The standard InChI is InChI=1S/C37H49FN4O3S/c1-37(2,3)17-22-42-35(45)31(46-36(42)28-8-6-9-29(38)33(28)26-13-18-39-19-14-26)23-32(43)41-20-15-24(16-21-41)27-12-11-25-7-4-5-10-30(25)40-34(27)44/h4-10,24,26-27,31,36,39H,11-23H2,1-3H3,(H,40,44)/t27?,31-,36?/m0/s1. The number of likely N-dealkylation sites (tertiary alicyclic amines) is 1. The number of fused-ring (bicyclic) bond motifs is 1. The van der Waals surface area contributed by atoms with E-state index in [0.29, 0.717) is 19.6 Å². The minimum Gasteiger partial charge on any atom is -0.343 e. The summed E-state index contributed by atoms with van der Waals surface area (Å²) in [5.74, 6) is 0.166. The zero-order valence-corrected chi connectivity index (χ0v) is 28.3. The molecular formula is C37H49FN4O3S. The third-order valence-electron chi connectivity index (χ3n) is 10.5. The van der Waals surface area contributed by atoms with Gasteiger partial charge in [0.05, 0.1) is 5.25 Å². The molecule has 4 heterocycles. The summed E-state index contributed by atoms with van der Waals surface area (Å²) in [5, 5.41) is 5.71. The monoisotopic (exact) mass is 648 g/mol. The molecule has 0 spiro atoms. The summed E-state index contributed by atoms with van der Waals surface area (Å²) in [7, 11) is 0. The molecule has 0 aliphatic carbocycles. The van der Waals surface area contributed by atoms with Gasteiger partial charge in [-0.05, 0) is 104 Å². The Hall–Kier alpha value is -2.91. The third-order valence-corrected chi connectivity index (χ3v) is 12.0. The van der Waals surface area contributed by atoms with E-state index in [0.717, 1.165) is 74.8 Å². The Morgan fingerprint density at radius 2 is 1.72 bits per heavy atom. The first kappa shape index (κ1) is 33.0. The molecule has 3 saturated heterocycles. The fourth-order valence-corrected chi connectivity index (χ4v) is 9.28. The molecule has 4 aliphatic rings. The number of nitrogens with one attached hydrogen (secondary N) is 2. The molecule has 7 nitrogen and oxygen atoms in total. The Morgan fingerprint density at radius 1 is 0.978 bits per heavy atom. The quantitative estimate of drug-likeness (QED) is 0.358. The number of amides is 3. The molecule has 2 aromatic rings. The second kappa shape index (κ2) is 14.1. The van der Waals surface area contributed by atoms with Crippen LogP contribution in [0.25, 0.3) is 0 Å². The summed E-state index contributed by atoms with van der Waals surface area (Å²) in [6.45, 7) is 10.00. The van der Waals surface area contributed by atoms with E-state index in [1.54, 1.807) is 12.1 Å². The van der Waals surface area contributed by atoms with Crippen molar-refractivity contribution in [2.45, 2.75) is 88.7 Å². The maximum absolute atomic E-state index is 15.5. The van der Waals surface area contributed by atoms with Gasteiger partial charge in [0.25, 0.3) is 0 Å². The fourth-order valence-electron chi connectivity index (χ4n) is 7.77. The van der Waals surface area contributed by atoms with Gasteiger partial charge in [0.15, 0.2) is 0 Å². The fraction of sp³-hybridized carbons (Fsp3) is 0.595. The highest BCUT2D eigenvalue weighted by atomic mass is 32.2. The Morgan fingerprint density at radius 3 is 2.46 bits per heavy atom. The average Bonchev–Trinajstić information content (AvgIpc) is 3.23. The van der Waals surface area contributed by atoms with Gasteiger partial charge in [-0.3, -0.25) is 14.4 Å². The Labute approximate surface area is 277 Å². The van der Waals surface area contributed by atoms with Crippen LogP contribution in [0.2, 0.25) is 0 Å². The zero-order chi connectivity index (χ0) is 32.4. The molecule has 0 saturated carbocycles. The van der Waals surface area contributed by atoms with E-state index in [1.165, 1.54) is 17.3 Å². The first-order valence-corrected chi connectivity index (χ1v) is 18.1. The highest BCUT2D eigenvalue weighted by molar-refractivity contribution is 8.01. The molecule has 0 bridgehead atoms. The number of anilines is 1. The third kappa shape index (κ3) is 7.30. The lowest BCUT2D eigenvalue weighted by molar-refractivity contribution is -0.137. The second-order valence-electron chi connectivity index (χ2n) is 14.8. The van der Waals surface area contributed by atoms with E-state index in [9.17, 15) is 14.4 Å². The van der Waals surface area contributed by atoms with E-state index in [-0.39, 0.29) is 58.5 Å². The summed E-state index contributed by atoms with van der Waals surface area (Å²) < 4.78 is 15.5. The number of para-hydroxylation sites is 1. The van der Waals surface area contributed by atoms with Crippen LogP contribution in [-0.4, -0.2) is 65.5 Å². The minimum absolute atomic E-state index is 0.00346. The van der Waals surface area contributed by atoms with Crippen molar-refractivity contribution in [3.8, 4) is 0 Å². The van der Waals surface area contributed by atoms with Crippen LogP contribution in [0.1, 0.15) is 93.7 Å². The van der Waals surface area contributed by atoms with Gasteiger partial charge in [0.2, 0.25) is 17.7 Å². The maximum atomic E-state index is 15.5. The molecule has 46 heavy (non-hydrogen) atoms. The van der Waals surface area contributed by atoms with Gasteiger partial charge in [-0.1, -0.05) is 51.1 Å². The summed E-state index contributed by atoms with van der Waals surface area (Å²) in [6, 6.07) is 13.3. The Balaban J connectivity index is 1.13. The molecule has 9 heteroatoms. The molecule has 3 amide bonds. The van der Waals surface area contributed by atoms with E-state index < -0.39 is 5.25 Å². The number of rotatable bonds is 7. The molecule has 2 aromatic carbocycles. The number of hydrogen-bond donors (Lipinski definition) is 2. The highest BCUT2D eigenvalue weighted by Crippen LogP contribution is 2.48. The first-order valence-electron chi connectivity index (χ1n) is 17.2. The van der Waals surface area contributed by atoms with Crippen LogP contribution < -0.4 is 10.6 Å². The van der Waals surface area contributed by atoms with Gasteiger partial charge < -0.3 is 20.4 Å². The number of carbonyl (C=O) groups is 3. The smallest absolute Gasteiger partial charge is 0.237 e. The molecule has 2 N–H and O–H groups in total. The van der Waals surface area contributed by atoms with Crippen LogP contribution in [0.5, 0.6) is 0 Å². The number of halogens is 1. The Bertz CT molecular complexity index is 1430. The van der Waals surface area contributed by atoms with Crippen molar-refractivity contribution in [2.75, 3.05) is 38.0 Å². The van der Waals surface area contributed by atoms with Gasteiger partial charge in [0, 0.05) is 37.7 Å². The molecule has 248 valence electrons.